The maximum Gasteiger partial charge on any atom is 0.418 e. The minimum atomic E-state index is -3.57. The fraction of sp³-hybridized carbons (Fsp3) is 0.711. The molecule has 0 spiro atoms. The quantitative estimate of drug-likeness (QED) is 0.0678. The number of hydrogen-bond donors (Lipinski definition) is 2. The van der Waals surface area contributed by atoms with Crippen molar-refractivity contribution >= 4 is 45.4 Å². The number of nitrogens with zero attached hydrogens (tertiary/aromatic N) is 1. The second-order valence-electron chi connectivity index (χ2n) is 15.3. The Morgan fingerprint density at radius 3 is 2.00 bits per heavy atom. The smallest absolute Gasteiger partial charge is 0.418 e. The predicted molar refractivity (Wildman–Crippen MR) is 200 cm³/mol. The van der Waals surface area contributed by atoms with Crippen LogP contribution in [0.4, 0.5) is 10.5 Å². The number of cyclic esters (lactones) is 1. The van der Waals surface area contributed by atoms with Crippen LogP contribution in [0.3, 0.4) is 0 Å². The number of hydrogen-bond acceptors (Lipinski definition) is 10. The number of carbonyl (C=O) groups is 5. The summed E-state index contributed by atoms with van der Waals surface area (Å²) in [4.78, 5) is 66.6. The van der Waals surface area contributed by atoms with Gasteiger partial charge in [-0.15, -0.1) is 0 Å². The van der Waals surface area contributed by atoms with Crippen molar-refractivity contribution < 1.29 is 46.6 Å². The van der Waals surface area contributed by atoms with Crippen molar-refractivity contribution in [2.24, 2.45) is 5.41 Å². The highest BCUT2D eigenvalue weighted by molar-refractivity contribution is 7.89. The Hall–Kier alpha value is -3.52. The second-order valence-corrected chi connectivity index (χ2v) is 17.1. The number of ether oxygens (including phenoxy) is 3. The molecule has 14 heteroatoms. The summed E-state index contributed by atoms with van der Waals surface area (Å²) in [5, 5.41) is 2.59. The van der Waals surface area contributed by atoms with Crippen molar-refractivity contribution in [3.05, 3.63) is 23.8 Å². The maximum atomic E-state index is 13.7. The van der Waals surface area contributed by atoms with Crippen LogP contribution in [0.5, 0.6) is 5.75 Å². The molecule has 2 atom stereocenters. The number of carbonyl (C=O) groups excluding carboxylic acids is 5. The summed E-state index contributed by atoms with van der Waals surface area (Å²) in [6.45, 7) is 14.7. The van der Waals surface area contributed by atoms with E-state index in [9.17, 15) is 32.4 Å². The molecular weight excluding hydrogens is 690 g/mol. The molecule has 0 aliphatic carbocycles. The van der Waals surface area contributed by atoms with E-state index >= 15 is 0 Å². The van der Waals surface area contributed by atoms with Gasteiger partial charge in [0.15, 0.2) is 17.4 Å². The van der Waals surface area contributed by atoms with Crippen molar-refractivity contribution in [2.75, 3.05) is 17.7 Å². The molecule has 52 heavy (non-hydrogen) atoms. The molecule has 0 aromatic heterocycles. The molecule has 1 aromatic carbocycles. The van der Waals surface area contributed by atoms with Crippen molar-refractivity contribution in [1.29, 1.82) is 0 Å². The van der Waals surface area contributed by atoms with E-state index in [-0.39, 0.29) is 29.4 Å². The fourth-order valence-electron chi connectivity index (χ4n) is 5.56. The average molecular weight is 752 g/mol. The van der Waals surface area contributed by atoms with Crippen LogP contribution in [0.15, 0.2) is 18.2 Å². The Labute approximate surface area is 310 Å². The summed E-state index contributed by atoms with van der Waals surface area (Å²) in [6, 6.07) is 1.65. The monoisotopic (exact) mass is 751 g/mol. The van der Waals surface area contributed by atoms with Crippen LogP contribution in [0, 0.1) is 5.41 Å². The lowest BCUT2D eigenvalue weighted by Crippen LogP contribution is -2.55. The molecule has 13 nitrogen and oxygen atoms in total. The Bertz CT molecular complexity index is 1500. The summed E-state index contributed by atoms with van der Waals surface area (Å²) in [7, 11) is -3.57. The van der Waals surface area contributed by atoms with Crippen LogP contribution in [0.25, 0.3) is 0 Å². The zero-order chi connectivity index (χ0) is 39.3. The van der Waals surface area contributed by atoms with Gasteiger partial charge < -0.3 is 19.5 Å². The van der Waals surface area contributed by atoms with Crippen molar-refractivity contribution in [1.82, 2.24) is 9.62 Å². The number of sulfonamides is 1. The fourth-order valence-corrected chi connectivity index (χ4v) is 7.01. The first-order chi connectivity index (χ1) is 24.2. The van der Waals surface area contributed by atoms with E-state index in [4.69, 9.17) is 14.2 Å². The van der Waals surface area contributed by atoms with Gasteiger partial charge in [0.25, 0.3) is 11.8 Å². The number of esters is 1. The van der Waals surface area contributed by atoms with Gasteiger partial charge in [0.1, 0.15) is 12.4 Å². The van der Waals surface area contributed by atoms with E-state index in [1.165, 1.54) is 70.6 Å². The number of Topliss-reactive ketones (excluding diaryl/α,β-unsaturated/α-hetero) is 1. The molecule has 1 aliphatic heterocycles. The van der Waals surface area contributed by atoms with Crippen LogP contribution < -0.4 is 14.8 Å². The molecule has 2 N–H and O–H groups in total. The summed E-state index contributed by atoms with van der Waals surface area (Å²) < 4.78 is 44.6. The standard InChI is InChI=1S/C38H61N3O10S/c1-10-12-13-14-15-16-17-18-19-20-23-52(47,48)40-28(11-2)25-49-34(44)27-21-22-29(30(24-27)50-26(3)4)39-33(43)31(32(42)37(5,6)7)41-35(45)38(8,9)51-36(41)46/h21-22,24,26,28,31,40H,10-20,23,25H2,1-9H3,(H,39,43). The molecule has 1 aliphatic rings. The van der Waals surface area contributed by atoms with E-state index in [0.29, 0.717) is 17.7 Å². The van der Waals surface area contributed by atoms with E-state index in [0.717, 1.165) is 19.3 Å². The Morgan fingerprint density at radius 1 is 0.923 bits per heavy atom. The third-order valence-corrected chi connectivity index (χ3v) is 10.1. The van der Waals surface area contributed by atoms with Crippen LogP contribution in [0.2, 0.25) is 0 Å². The van der Waals surface area contributed by atoms with Gasteiger partial charge in [-0.3, -0.25) is 14.4 Å². The van der Waals surface area contributed by atoms with Gasteiger partial charge in [0, 0.05) is 5.41 Å². The van der Waals surface area contributed by atoms with Gasteiger partial charge in [-0.1, -0.05) is 92.4 Å². The highest BCUT2D eigenvalue weighted by atomic mass is 32.2. The van der Waals surface area contributed by atoms with Gasteiger partial charge in [-0.2, -0.15) is 0 Å². The number of unbranched alkanes of at least 4 members (excludes halogenated alkanes) is 9. The molecule has 3 amide bonds. The van der Waals surface area contributed by atoms with Gasteiger partial charge in [0.2, 0.25) is 10.0 Å². The molecule has 2 rings (SSSR count). The van der Waals surface area contributed by atoms with E-state index < -0.39 is 68.9 Å². The number of rotatable bonds is 23. The lowest BCUT2D eigenvalue weighted by Gasteiger charge is -2.28. The molecule has 294 valence electrons. The molecule has 0 saturated carbocycles. The molecule has 1 heterocycles. The predicted octanol–water partition coefficient (Wildman–Crippen LogP) is 6.93. The van der Waals surface area contributed by atoms with E-state index in [1.54, 1.807) is 41.5 Å². The molecule has 1 aromatic rings. The number of nitrogens with one attached hydrogen (secondary N) is 2. The number of amides is 3. The van der Waals surface area contributed by atoms with Crippen molar-refractivity contribution in [2.45, 2.75) is 157 Å². The minimum absolute atomic E-state index is 0.00407. The molecule has 0 radical (unpaired) electrons. The lowest BCUT2D eigenvalue weighted by atomic mass is 9.85. The highest BCUT2D eigenvalue weighted by Crippen LogP contribution is 2.32. The van der Waals surface area contributed by atoms with Gasteiger partial charge in [0.05, 0.1) is 29.1 Å². The number of imide groups is 1. The van der Waals surface area contributed by atoms with E-state index in [1.807, 2.05) is 0 Å². The lowest BCUT2D eigenvalue weighted by molar-refractivity contribution is -0.145. The van der Waals surface area contributed by atoms with Crippen LogP contribution in [-0.4, -0.2) is 79.1 Å². The van der Waals surface area contributed by atoms with Crippen molar-refractivity contribution in [3.63, 3.8) is 0 Å². The first-order valence-corrected chi connectivity index (χ1v) is 20.3. The maximum absolute atomic E-state index is 13.7. The largest absolute Gasteiger partial charge is 0.489 e. The second kappa shape index (κ2) is 20.1. The third-order valence-electron chi connectivity index (χ3n) is 8.63. The summed E-state index contributed by atoms with van der Waals surface area (Å²) in [6.07, 6.45) is 9.84. The average Bonchev–Trinajstić information content (AvgIpc) is 3.25. The molecule has 1 fully saturated rings. The van der Waals surface area contributed by atoms with Crippen LogP contribution in [-0.2, 0) is 33.9 Å². The SMILES string of the molecule is CCCCCCCCCCCCS(=O)(=O)NC(CC)COC(=O)c1ccc(NC(=O)C(C(=O)C(C)(C)C)N2C(=O)OC(C)(C)C2=O)c(OC(C)C)c1. The number of ketones is 1. The highest BCUT2D eigenvalue weighted by Gasteiger charge is 2.55. The van der Waals surface area contributed by atoms with Gasteiger partial charge in [-0.25, -0.2) is 27.6 Å². The summed E-state index contributed by atoms with van der Waals surface area (Å²) >= 11 is 0. The first kappa shape index (κ1) is 44.6. The van der Waals surface area contributed by atoms with Crippen LogP contribution in [0.1, 0.15) is 143 Å². The molecule has 1 saturated heterocycles. The summed E-state index contributed by atoms with van der Waals surface area (Å²) in [5.41, 5.74) is -2.53. The third kappa shape index (κ3) is 13.8. The normalized spacial score (nSPS) is 15.7. The zero-order valence-electron chi connectivity index (χ0n) is 32.6. The molecule has 0 bridgehead atoms. The van der Waals surface area contributed by atoms with Crippen LogP contribution >= 0.6 is 0 Å². The minimum Gasteiger partial charge on any atom is -0.489 e. The van der Waals surface area contributed by atoms with Gasteiger partial charge in [-0.05, 0) is 58.7 Å². The van der Waals surface area contributed by atoms with Crippen molar-refractivity contribution in [3.8, 4) is 5.75 Å². The van der Waals surface area contributed by atoms with Gasteiger partial charge >= 0.3 is 12.1 Å². The Morgan fingerprint density at radius 2 is 1.50 bits per heavy atom. The van der Waals surface area contributed by atoms with E-state index in [2.05, 4.69) is 17.0 Å². The molecule has 2 unspecified atom stereocenters. The number of benzene rings is 1. The molecular formula is C38H61N3O10S. The summed E-state index contributed by atoms with van der Waals surface area (Å²) in [5.74, 6) is -3.17. The first-order valence-electron chi connectivity index (χ1n) is 18.6. The zero-order valence-corrected chi connectivity index (χ0v) is 33.4. The topological polar surface area (TPSA) is 174 Å². The Kier molecular flexibility index (Phi) is 17.2. The number of anilines is 1. The Balaban J connectivity index is 2.08.